The van der Waals surface area contributed by atoms with Gasteiger partial charge in [-0.3, -0.25) is 0 Å². The van der Waals surface area contributed by atoms with Crippen LogP contribution >= 0.6 is 0 Å². The molecule has 3 aromatic rings. The van der Waals surface area contributed by atoms with E-state index in [1.54, 1.807) is 31.2 Å². The second kappa shape index (κ2) is 5.07. The van der Waals surface area contributed by atoms with Crippen LogP contribution in [0.25, 0.3) is 21.7 Å². The lowest BCUT2D eigenvalue weighted by Crippen LogP contribution is -2.16. The van der Waals surface area contributed by atoms with Crippen molar-refractivity contribution in [2.75, 3.05) is 12.3 Å². The fourth-order valence-electron chi connectivity index (χ4n) is 2.44. The number of hydrogen-bond acceptors (Lipinski definition) is 6. The predicted molar refractivity (Wildman–Crippen MR) is 82.0 cm³/mol. The molecule has 3 N–H and O–H groups in total. The van der Waals surface area contributed by atoms with Gasteiger partial charge >= 0.3 is 11.6 Å². The van der Waals surface area contributed by atoms with Crippen LogP contribution in [0.4, 0.5) is 5.69 Å². The lowest BCUT2D eigenvalue weighted by molar-refractivity contribution is 0.0529. The van der Waals surface area contributed by atoms with Crippen molar-refractivity contribution in [3.05, 3.63) is 46.3 Å². The monoisotopic (exact) mass is 299 g/mol. The fraction of sp³-hybridized carbons (Fsp3) is 0.125. The highest BCUT2D eigenvalue weighted by molar-refractivity contribution is 6.15. The number of esters is 1. The van der Waals surface area contributed by atoms with Crippen molar-refractivity contribution in [2.24, 2.45) is 0 Å². The molecule has 2 aromatic carbocycles. The van der Waals surface area contributed by atoms with E-state index in [4.69, 9.17) is 14.9 Å². The maximum absolute atomic E-state index is 12.1. The van der Waals surface area contributed by atoms with Gasteiger partial charge in [0, 0.05) is 16.2 Å². The first kappa shape index (κ1) is 13.9. The van der Waals surface area contributed by atoms with Gasteiger partial charge in [0.05, 0.1) is 6.61 Å². The summed E-state index contributed by atoms with van der Waals surface area (Å²) in [6.45, 7) is 1.79. The summed E-state index contributed by atoms with van der Waals surface area (Å²) in [6, 6.07) is 8.20. The molecule has 1 heterocycles. The van der Waals surface area contributed by atoms with Crippen LogP contribution in [0, 0.1) is 0 Å². The van der Waals surface area contributed by atoms with Gasteiger partial charge in [-0.2, -0.15) is 0 Å². The number of ether oxygens (including phenoxy) is 1. The number of nitrogen functional groups attached to an aromatic ring is 1. The molecule has 0 atom stereocenters. The number of aromatic hydroxyl groups is 1. The number of benzene rings is 2. The maximum atomic E-state index is 12.1. The highest BCUT2D eigenvalue weighted by Gasteiger charge is 2.22. The Morgan fingerprint density at radius 2 is 1.95 bits per heavy atom. The average molecular weight is 299 g/mol. The maximum Gasteiger partial charge on any atom is 0.360 e. The first-order valence-electron chi connectivity index (χ1n) is 6.68. The molecular weight excluding hydrogens is 286 g/mol. The summed E-state index contributed by atoms with van der Waals surface area (Å²) in [5, 5.41) is 11.4. The van der Waals surface area contributed by atoms with Gasteiger partial charge in [-0.15, -0.1) is 0 Å². The van der Waals surface area contributed by atoms with E-state index in [0.29, 0.717) is 10.8 Å². The van der Waals surface area contributed by atoms with Crippen molar-refractivity contribution in [3.63, 3.8) is 0 Å². The summed E-state index contributed by atoms with van der Waals surface area (Å²) in [5.41, 5.74) is 4.64. The number of anilines is 1. The number of carbonyl (C=O) groups excluding carboxylic acids is 1. The van der Waals surface area contributed by atoms with E-state index in [1.165, 1.54) is 6.07 Å². The molecule has 22 heavy (non-hydrogen) atoms. The van der Waals surface area contributed by atoms with Crippen molar-refractivity contribution in [1.82, 2.24) is 0 Å². The van der Waals surface area contributed by atoms with Crippen molar-refractivity contribution >= 4 is 33.4 Å². The molecule has 0 fully saturated rings. The van der Waals surface area contributed by atoms with Crippen LogP contribution in [0.1, 0.15) is 17.3 Å². The minimum atomic E-state index is -0.814. The molecule has 0 spiro atoms. The SMILES string of the molecule is CCOC(=O)c1c(N)c(=O)oc2c1cc(O)c1ccccc12. The molecule has 1 aromatic heterocycles. The molecule has 6 heteroatoms. The van der Waals surface area contributed by atoms with E-state index in [-0.39, 0.29) is 34.6 Å². The third kappa shape index (κ3) is 1.96. The molecular formula is C16H13NO5. The molecule has 0 aliphatic rings. The zero-order valence-corrected chi connectivity index (χ0v) is 11.8. The molecule has 0 unspecified atom stereocenters. The van der Waals surface area contributed by atoms with Crippen LogP contribution < -0.4 is 11.4 Å². The summed E-state index contributed by atoms with van der Waals surface area (Å²) in [5.74, 6) is -0.769. The number of nitrogens with two attached hydrogens (primary N) is 1. The molecule has 3 rings (SSSR count). The van der Waals surface area contributed by atoms with Gasteiger partial charge in [0.2, 0.25) is 0 Å². The Bertz CT molecular complexity index is 958. The highest BCUT2D eigenvalue weighted by atomic mass is 16.5. The molecule has 6 nitrogen and oxygen atoms in total. The van der Waals surface area contributed by atoms with Crippen molar-refractivity contribution in [2.45, 2.75) is 6.92 Å². The highest BCUT2D eigenvalue weighted by Crippen LogP contribution is 2.35. The number of phenolic OH excluding ortho intramolecular Hbond substituents is 1. The molecule has 0 bridgehead atoms. The number of carbonyl (C=O) groups is 1. The molecule has 0 radical (unpaired) electrons. The molecule has 0 saturated heterocycles. The van der Waals surface area contributed by atoms with E-state index in [1.807, 2.05) is 0 Å². The Kier molecular flexibility index (Phi) is 3.21. The third-order valence-corrected chi connectivity index (χ3v) is 3.41. The number of phenols is 1. The smallest absolute Gasteiger partial charge is 0.360 e. The fourth-order valence-corrected chi connectivity index (χ4v) is 2.44. The Labute approximate surface area is 124 Å². The largest absolute Gasteiger partial charge is 0.507 e. The van der Waals surface area contributed by atoms with Gasteiger partial charge < -0.3 is 20.0 Å². The summed E-state index contributed by atoms with van der Waals surface area (Å²) < 4.78 is 10.2. The number of rotatable bonds is 2. The zero-order valence-electron chi connectivity index (χ0n) is 11.8. The van der Waals surface area contributed by atoms with E-state index in [2.05, 4.69) is 0 Å². The van der Waals surface area contributed by atoms with Gasteiger partial charge in [-0.1, -0.05) is 24.3 Å². The van der Waals surface area contributed by atoms with E-state index >= 15 is 0 Å². The van der Waals surface area contributed by atoms with E-state index in [9.17, 15) is 14.7 Å². The minimum Gasteiger partial charge on any atom is -0.507 e. The quantitative estimate of drug-likeness (QED) is 0.428. The van der Waals surface area contributed by atoms with Crippen LogP contribution in [-0.4, -0.2) is 17.7 Å². The number of hydrogen-bond donors (Lipinski definition) is 2. The second-order valence-electron chi connectivity index (χ2n) is 4.72. The molecule has 0 aliphatic heterocycles. The zero-order chi connectivity index (χ0) is 15.9. The Hall–Kier alpha value is -3.02. The first-order valence-corrected chi connectivity index (χ1v) is 6.68. The van der Waals surface area contributed by atoms with Crippen LogP contribution in [-0.2, 0) is 4.74 Å². The lowest BCUT2D eigenvalue weighted by atomic mass is 10.0. The van der Waals surface area contributed by atoms with Gasteiger partial charge in [-0.25, -0.2) is 9.59 Å². The summed E-state index contributed by atoms with van der Waals surface area (Å²) in [4.78, 5) is 24.0. The summed E-state index contributed by atoms with van der Waals surface area (Å²) in [7, 11) is 0. The molecule has 0 aliphatic carbocycles. The first-order chi connectivity index (χ1) is 10.5. The van der Waals surface area contributed by atoms with Gasteiger partial charge in [-0.05, 0) is 13.0 Å². The van der Waals surface area contributed by atoms with Crippen LogP contribution in [0.15, 0.2) is 39.5 Å². The molecule has 0 amide bonds. The Balaban J connectivity index is 2.52. The van der Waals surface area contributed by atoms with Crippen LogP contribution in [0.5, 0.6) is 5.75 Å². The van der Waals surface area contributed by atoms with Crippen molar-refractivity contribution < 1.29 is 19.1 Å². The molecule has 112 valence electrons. The van der Waals surface area contributed by atoms with E-state index in [0.717, 1.165) is 0 Å². The number of fused-ring (bicyclic) bond motifs is 3. The molecule has 0 saturated carbocycles. The van der Waals surface area contributed by atoms with Crippen LogP contribution in [0.2, 0.25) is 0 Å². The standard InChI is InChI=1S/C16H13NO5/c1-2-21-15(19)12-10-7-11(18)8-5-3-4-6-9(8)14(10)22-16(20)13(12)17/h3-7,18H,2,17H2,1H3. The topological polar surface area (TPSA) is 103 Å². The lowest BCUT2D eigenvalue weighted by Gasteiger charge is -2.10. The third-order valence-electron chi connectivity index (χ3n) is 3.41. The van der Waals surface area contributed by atoms with Gasteiger partial charge in [0.1, 0.15) is 22.6 Å². The van der Waals surface area contributed by atoms with Crippen molar-refractivity contribution in [3.8, 4) is 5.75 Å². The van der Waals surface area contributed by atoms with Gasteiger partial charge in [0.25, 0.3) is 0 Å². The summed E-state index contributed by atoms with van der Waals surface area (Å²) in [6.07, 6.45) is 0. The second-order valence-corrected chi connectivity index (χ2v) is 4.72. The van der Waals surface area contributed by atoms with Gasteiger partial charge in [0.15, 0.2) is 0 Å². The minimum absolute atomic E-state index is 0.0399. The summed E-state index contributed by atoms with van der Waals surface area (Å²) >= 11 is 0. The van der Waals surface area contributed by atoms with Crippen LogP contribution in [0.3, 0.4) is 0 Å². The van der Waals surface area contributed by atoms with E-state index < -0.39 is 11.6 Å². The normalized spacial score (nSPS) is 11.0. The Morgan fingerprint density at radius 3 is 2.64 bits per heavy atom. The predicted octanol–water partition coefficient (Wildman–Crippen LogP) is 2.41. The average Bonchev–Trinajstić information content (AvgIpc) is 2.50. The Morgan fingerprint density at radius 1 is 1.27 bits per heavy atom. The van der Waals surface area contributed by atoms with Crippen molar-refractivity contribution in [1.29, 1.82) is 0 Å².